The zero-order valence-electron chi connectivity index (χ0n) is 10.3. The van der Waals surface area contributed by atoms with Crippen molar-refractivity contribution in [3.8, 4) is 0 Å². The standard InChI is InChI=1S/C13H11F2N3O2/c14-8-3-7(4-9(15)5-8)11-1-2-16-12-10(13(19)20)6-17-18(11)12/h3-6,11,16H,1-2H2,(H,19,20). The molecule has 5 nitrogen and oxygen atoms in total. The second-order valence-corrected chi connectivity index (χ2v) is 4.59. The van der Waals surface area contributed by atoms with Gasteiger partial charge >= 0.3 is 5.97 Å². The van der Waals surface area contributed by atoms with Gasteiger partial charge in [0.2, 0.25) is 0 Å². The maximum absolute atomic E-state index is 13.3. The average molecular weight is 279 g/mol. The Morgan fingerprint density at radius 1 is 1.35 bits per heavy atom. The van der Waals surface area contributed by atoms with Crippen molar-refractivity contribution in [3.05, 3.63) is 47.2 Å². The first-order valence-corrected chi connectivity index (χ1v) is 6.07. The number of hydrogen-bond donors (Lipinski definition) is 2. The lowest BCUT2D eigenvalue weighted by Crippen LogP contribution is -2.25. The quantitative estimate of drug-likeness (QED) is 0.885. The number of carboxylic acid groups (broad SMARTS) is 1. The first-order chi connectivity index (χ1) is 9.56. The van der Waals surface area contributed by atoms with Gasteiger partial charge < -0.3 is 10.4 Å². The van der Waals surface area contributed by atoms with E-state index in [0.29, 0.717) is 24.3 Å². The van der Waals surface area contributed by atoms with Crippen LogP contribution in [0.5, 0.6) is 0 Å². The Balaban J connectivity index is 2.08. The van der Waals surface area contributed by atoms with Gasteiger partial charge in [0.25, 0.3) is 0 Å². The molecule has 0 amide bonds. The molecule has 104 valence electrons. The molecule has 2 heterocycles. The number of fused-ring (bicyclic) bond motifs is 1. The lowest BCUT2D eigenvalue weighted by molar-refractivity contribution is 0.0697. The van der Waals surface area contributed by atoms with Crippen LogP contribution in [-0.2, 0) is 0 Å². The van der Waals surface area contributed by atoms with Gasteiger partial charge in [0.05, 0.1) is 12.2 Å². The summed E-state index contributed by atoms with van der Waals surface area (Å²) in [5, 5.41) is 16.0. The van der Waals surface area contributed by atoms with Gasteiger partial charge in [0.1, 0.15) is 23.0 Å². The summed E-state index contributed by atoms with van der Waals surface area (Å²) in [7, 11) is 0. The van der Waals surface area contributed by atoms with Gasteiger partial charge in [-0.1, -0.05) is 0 Å². The summed E-state index contributed by atoms with van der Waals surface area (Å²) in [6, 6.07) is 2.90. The molecule has 1 aliphatic rings. The molecule has 0 saturated carbocycles. The molecule has 0 aliphatic carbocycles. The molecular formula is C13H11F2N3O2. The molecule has 7 heteroatoms. The summed E-state index contributed by atoms with van der Waals surface area (Å²) >= 11 is 0. The van der Waals surface area contributed by atoms with Crippen LogP contribution in [0, 0.1) is 11.6 Å². The van der Waals surface area contributed by atoms with E-state index in [9.17, 15) is 13.6 Å². The molecule has 2 N–H and O–H groups in total. The Morgan fingerprint density at radius 3 is 2.70 bits per heavy atom. The van der Waals surface area contributed by atoms with Crippen LogP contribution in [-0.4, -0.2) is 27.4 Å². The Bertz CT molecular complexity index is 664. The van der Waals surface area contributed by atoms with Gasteiger partial charge in [-0.05, 0) is 24.1 Å². The predicted molar refractivity (Wildman–Crippen MR) is 66.8 cm³/mol. The second-order valence-electron chi connectivity index (χ2n) is 4.59. The van der Waals surface area contributed by atoms with Crippen molar-refractivity contribution in [1.29, 1.82) is 0 Å². The number of aromatic carboxylic acids is 1. The number of carbonyl (C=O) groups is 1. The van der Waals surface area contributed by atoms with Crippen molar-refractivity contribution >= 4 is 11.8 Å². The Hall–Kier alpha value is -2.44. The van der Waals surface area contributed by atoms with Crippen molar-refractivity contribution in [2.75, 3.05) is 11.9 Å². The fraction of sp³-hybridized carbons (Fsp3) is 0.231. The predicted octanol–water partition coefficient (Wildman–Crippen LogP) is 2.26. The van der Waals surface area contributed by atoms with Gasteiger partial charge in [-0.2, -0.15) is 5.10 Å². The lowest BCUT2D eigenvalue weighted by atomic mass is 10.0. The molecule has 1 aliphatic heterocycles. The molecule has 2 aromatic rings. The Labute approximate surface area is 112 Å². The largest absolute Gasteiger partial charge is 0.477 e. The van der Waals surface area contributed by atoms with E-state index in [1.807, 2.05) is 0 Å². The number of aromatic nitrogens is 2. The third kappa shape index (κ3) is 2.01. The van der Waals surface area contributed by atoms with E-state index in [1.54, 1.807) is 0 Å². The molecule has 0 saturated heterocycles. The third-order valence-corrected chi connectivity index (χ3v) is 3.30. The zero-order valence-corrected chi connectivity index (χ0v) is 10.3. The highest BCUT2D eigenvalue weighted by Crippen LogP contribution is 2.31. The number of nitrogens with one attached hydrogen (secondary N) is 1. The number of halogens is 2. The first-order valence-electron chi connectivity index (χ1n) is 6.07. The lowest BCUT2D eigenvalue weighted by Gasteiger charge is -2.26. The monoisotopic (exact) mass is 279 g/mol. The molecule has 0 fully saturated rings. The number of benzene rings is 1. The van der Waals surface area contributed by atoms with Crippen LogP contribution in [0.3, 0.4) is 0 Å². The van der Waals surface area contributed by atoms with E-state index in [0.717, 1.165) is 6.07 Å². The van der Waals surface area contributed by atoms with Crippen LogP contribution in [0.1, 0.15) is 28.4 Å². The van der Waals surface area contributed by atoms with Crippen LogP contribution < -0.4 is 5.32 Å². The smallest absolute Gasteiger partial charge is 0.341 e. The molecule has 3 rings (SSSR count). The topological polar surface area (TPSA) is 67.1 Å². The SMILES string of the molecule is O=C(O)c1cnn2c1NCCC2c1cc(F)cc(F)c1. The molecule has 1 aromatic carbocycles. The van der Waals surface area contributed by atoms with E-state index in [-0.39, 0.29) is 11.6 Å². The van der Waals surface area contributed by atoms with Crippen LogP contribution in [0.4, 0.5) is 14.6 Å². The molecule has 0 spiro atoms. The van der Waals surface area contributed by atoms with Crippen molar-refractivity contribution in [2.45, 2.75) is 12.5 Å². The maximum Gasteiger partial charge on any atom is 0.341 e. The van der Waals surface area contributed by atoms with Crippen molar-refractivity contribution in [2.24, 2.45) is 0 Å². The summed E-state index contributed by atoms with van der Waals surface area (Å²) in [6.07, 6.45) is 1.80. The Kier molecular flexibility index (Phi) is 2.89. The van der Waals surface area contributed by atoms with Crippen LogP contribution >= 0.6 is 0 Å². The highest BCUT2D eigenvalue weighted by molar-refractivity contribution is 5.93. The summed E-state index contributed by atoms with van der Waals surface area (Å²) < 4.78 is 28.1. The summed E-state index contributed by atoms with van der Waals surface area (Å²) in [6.45, 7) is 0.509. The summed E-state index contributed by atoms with van der Waals surface area (Å²) in [5.41, 5.74) is 0.483. The van der Waals surface area contributed by atoms with Crippen molar-refractivity contribution in [1.82, 2.24) is 9.78 Å². The summed E-state index contributed by atoms with van der Waals surface area (Å²) in [5.74, 6) is -2.06. The van der Waals surface area contributed by atoms with Crippen LogP contribution in [0.2, 0.25) is 0 Å². The highest BCUT2D eigenvalue weighted by Gasteiger charge is 2.27. The molecule has 0 radical (unpaired) electrons. The van der Waals surface area contributed by atoms with Crippen LogP contribution in [0.15, 0.2) is 24.4 Å². The van der Waals surface area contributed by atoms with E-state index in [4.69, 9.17) is 5.11 Å². The van der Waals surface area contributed by atoms with Gasteiger partial charge in [-0.15, -0.1) is 0 Å². The minimum absolute atomic E-state index is 0.0478. The van der Waals surface area contributed by atoms with Gasteiger partial charge in [-0.3, -0.25) is 0 Å². The normalized spacial score (nSPS) is 17.4. The Morgan fingerprint density at radius 2 is 2.05 bits per heavy atom. The number of hydrogen-bond acceptors (Lipinski definition) is 3. The van der Waals surface area contributed by atoms with Crippen molar-refractivity contribution < 1.29 is 18.7 Å². The number of anilines is 1. The van der Waals surface area contributed by atoms with E-state index in [1.165, 1.54) is 23.0 Å². The minimum Gasteiger partial charge on any atom is -0.477 e. The molecule has 1 unspecified atom stereocenters. The third-order valence-electron chi connectivity index (χ3n) is 3.30. The number of rotatable bonds is 2. The second kappa shape index (κ2) is 4.59. The fourth-order valence-electron chi connectivity index (χ4n) is 2.46. The van der Waals surface area contributed by atoms with Gasteiger partial charge in [-0.25, -0.2) is 18.3 Å². The molecule has 20 heavy (non-hydrogen) atoms. The minimum atomic E-state index is -1.09. The molecule has 1 aromatic heterocycles. The number of nitrogens with zero attached hydrogens (tertiary/aromatic N) is 2. The van der Waals surface area contributed by atoms with E-state index in [2.05, 4.69) is 10.4 Å². The van der Waals surface area contributed by atoms with Gasteiger partial charge in [0.15, 0.2) is 0 Å². The summed E-state index contributed by atoms with van der Waals surface area (Å²) in [4.78, 5) is 11.1. The zero-order chi connectivity index (χ0) is 14.3. The van der Waals surface area contributed by atoms with E-state index < -0.39 is 17.6 Å². The first kappa shape index (κ1) is 12.6. The molecular weight excluding hydrogens is 268 g/mol. The number of carboxylic acids is 1. The maximum atomic E-state index is 13.3. The molecule has 0 bridgehead atoms. The van der Waals surface area contributed by atoms with E-state index >= 15 is 0 Å². The fourth-order valence-corrected chi connectivity index (χ4v) is 2.46. The van der Waals surface area contributed by atoms with Gasteiger partial charge in [0, 0.05) is 12.6 Å². The molecule has 1 atom stereocenters. The van der Waals surface area contributed by atoms with Crippen molar-refractivity contribution in [3.63, 3.8) is 0 Å². The highest BCUT2D eigenvalue weighted by atomic mass is 19.1. The van der Waals surface area contributed by atoms with Crippen LogP contribution in [0.25, 0.3) is 0 Å². The average Bonchev–Trinajstić information content (AvgIpc) is 2.81.